The van der Waals surface area contributed by atoms with Gasteiger partial charge in [0.05, 0.1) is 0 Å². The fourth-order valence-corrected chi connectivity index (χ4v) is 6.32. The third-order valence-corrected chi connectivity index (χ3v) is 8.97. The highest BCUT2D eigenvalue weighted by Gasteiger charge is 2.40. The largest absolute Gasteiger partial charge is 0.678 e. The van der Waals surface area contributed by atoms with Crippen LogP contribution in [-0.4, -0.2) is 78.4 Å². The topological polar surface area (TPSA) is 77.0 Å². The van der Waals surface area contributed by atoms with E-state index in [-0.39, 0.29) is 0 Å². The summed E-state index contributed by atoms with van der Waals surface area (Å²) < 4.78 is 36.9. The summed E-state index contributed by atoms with van der Waals surface area (Å²) >= 11 is 0. The Labute approximate surface area is 181 Å². The average molecular weight is 456 g/mol. The number of hydrogen-bond acceptors (Lipinski definition) is 8. The molecule has 0 aliphatic carbocycles. The zero-order chi connectivity index (χ0) is 22.8. The molecule has 0 fully saturated rings. The van der Waals surface area contributed by atoms with Crippen molar-refractivity contribution in [1.29, 1.82) is 0 Å². The first-order chi connectivity index (χ1) is 13.7. The molecular formula is C19H45NO7Si2. The summed E-state index contributed by atoms with van der Waals surface area (Å²) in [5.41, 5.74) is 1.23. The van der Waals surface area contributed by atoms with Crippen LogP contribution in [0.5, 0.6) is 0 Å². The van der Waals surface area contributed by atoms with Gasteiger partial charge in [0.15, 0.2) is 0 Å². The Bertz CT molecular complexity index is 373. The van der Waals surface area contributed by atoms with Gasteiger partial charge in [-0.25, -0.2) is 0 Å². The van der Waals surface area contributed by atoms with E-state index in [2.05, 4.69) is 25.8 Å². The molecule has 0 aromatic carbocycles. The summed E-state index contributed by atoms with van der Waals surface area (Å²) in [7, 11) is 0.795. The zero-order valence-electron chi connectivity index (χ0n) is 20.3. The Morgan fingerprint density at radius 1 is 0.793 bits per heavy atom. The van der Waals surface area contributed by atoms with Crippen LogP contribution in [0.2, 0.25) is 6.04 Å². The van der Waals surface area contributed by atoms with Gasteiger partial charge >= 0.3 is 17.9 Å². The number of nitrogens with zero attached hydrogens (tertiary/aromatic N) is 1. The molecule has 0 saturated carbocycles. The molecule has 0 unspecified atom stereocenters. The molecule has 0 N–H and O–H groups in total. The van der Waals surface area contributed by atoms with Crippen molar-refractivity contribution in [3.8, 4) is 0 Å². The lowest BCUT2D eigenvalue weighted by Crippen LogP contribution is -2.46. The van der Waals surface area contributed by atoms with E-state index in [1.54, 1.807) is 0 Å². The summed E-state index contributed by atoms with van der Waals surface area (Å²) in [5.74, 6) is 0.669. The van der Waals surface area contributed by atoms with Crippen LogP contribution in [0.1, 0.15) is 54.4 Å². The highest BCUT2D eigenvalue weighted by molar-refractivity contribution is 6.60. The normalized spacial score (nSPS) is 12.9. The predicted molar refractivity (Wildman–Crippen MR) is 121 cm³/mol. The first-order valence-corrected chi connectivity index (χ1v) is 13.9. The number of aliphatic imine (C=N–C) groups is 1. The van der Waals surface area contributed by atoms with Gasteiger partial charge in [-0.3, -0.25) is 4.99 Å². The summed E-state index contributed by atoms with van der Waals surface area (Å²) in [6.07, 6.45) is 2.03. The van der Waals surface area contributed by atoms with Gasteiger partial charge in [0, 0.05) is 66.6 Å². The standard InChI is InChI=1S/C15H33NO3Si.C4H12O4Si/c1-7-17-20(18-8-2,19-9-3)12-10-11-16-15(6)13-14(4)5;1-5-9(6-2,7-3)8-4/h14H,7-13H2,1-6H3;1-4H3. The van der Waals surface area contributed by atoms with E-state index in [4.69, 9.17) is 31.0 Å². The second-order valence-electron chi connectivity index (χ2n) is 6.62. The maximum absolute atomic E-state index is 5.83. The molecule has 0 aromatic heterocycles. The van der Waals surface area contributed by atoms with Crippen LogP contribution in [0, 0.1) is 5.92 Å². The van der Waals surface area contributed by atoms with E-state index in [0.717, 1.165) is 25.4 Å². The maximum Gasteiger partial charge on any atom is 0.678 e. The smallest absolute Gasteiger partial charge is 0.374 e. The van der Waals surface area contributed by atoms with Gasteiger partial charge in [0.2, 0.25) is 0 Å². The molecule has 29 heavy (non-hydrogen) atoms. The van der Waals surface area contributed by atoms with Gasteiger partial charge in [-0.1, -0.05) is 13.8 Å². The molecule has 0 aliphatic heterocycles. The van der Waals surface area contributed by atoms with Crippen molar-refractivity contribution in [2.45, 2.75) is 60.4 Å². The third-order valence-electron chi connectivity index (χ3n) is 3.82. The highest BCUT2D eigenvalue weighted by atomic mass is 28.4. The lowest BCUT2D eigenvalue weighted by molar-refractivity contribution is 0.0226. The molecule has 0 aromatic rings. The van der Waals surface area contributed by atoms with Crippen molar-refractivity contribution in [2.75, 3.05) is 54.8 Å². The summed E-state index contributed by atoms with van der Waals surface area (Å²) in [4.78, 5) is 4.62. The van der Waals surface area contributed by atoms with Gasteiger partial charge < -0.3 is 31.0 Å². The minimum Gasteiger partial charge on any atom is -0.374 e. The Morgan fingerprint density at radius 2 is 1.21 bits per heavy atom. The molecule has 0 rings (SSSR count). The van der Waals surface area contributed by atoms with Crippen molar-refractivity contribution < 1.29 is 31.0 Å². The minimum absolute atomic E-state index is 0.641. The minimum atomic E-state index is -2.69. The van der Waals surface area contributed by atoms with Crippen molar-refractivity contribution >= 4 is 23.6 Å². The second kappa shape index (κ2) is 18.6. The average Bonchev–Trinajstić information content (AvgIpc) is 2.68. The van der Waals surface area contributed by atoms with Crippen molar-refractivity contribution in [1.82, 2.24) is 0 Å². The van der Waals surface area contributed by atoms with Crippen LogP contribution in [0.4, 0.5) is 0 Å². The molecule has 0 saturated heterocycles. The Balaban J connectivity index is 0. The van der Waals surface area contributed by atoms with E-state index in [9.17, 15) is 0 Å². The summed E-state index contributed by atoms with van der Waals surface area (Å²) in [6.45, 7) is 15.3. The fourth-order valence-electron chi connectivity index (χ4n) is 2.72. The van der Waals surface area contributed by atoms with Crippen LogP contribution < -0.4 is 0 Å². The molecule has 0 atom stereocenters. The van der Waals surface area contributed by atoms with Crippen LogP contribution in [0.15, 0.2) is 4.99 Å². The van der Waals surface area contributed by atoms with E-state index in [1.807, 2.05) is 20.8 Å². The van der Waals surface area contributed by atoms with Crippen LogP contribution in [0.3, 0.4) is 0 Å². The van der Waals surface area contributed by atoms with Crippen molar-refractivity contribution in [3.05, 3.63) is 0 Å². The first-order valence-electron chi connectivity index (χ1n) is 10.4. The third kappa shape index (κ3) is 14.5. The van der Waals surface area contributed by atoms with Gasteiger partial charge in [-0.05, 0) is 46.5 Å². The summed E-state index contributed by atoms with van der Waals surface area (Å²) in [5, 5.41) is 0. The maximum atomic E-state index is 5.83. The van der Waals surface area contributed by atoms with Crippen LogP contribution >= 0.6 is 0 Å². The van der Waals surface area contributed by atoms with Crippen molar-refractivity contribution in [2.24, 2.45) is 10.9 Å². The predicted octanol–water partition coefficient (Wildman–Crippen LogP) is 3.94. The van der Waals surface area contributed by atoms with E-state index < -0.39 is 17.9 Å². The molecule has 0 heterocycles. The molecule has 0 spiro atoms. The van der Waals surface area contributed by atoms with Crippen LogP contribution in [0.25, 0.3) is 0 Å². The molecule has 10 heteroatoms. The van der Waals surface area contributed by atoms with Gasteiger partial charge in [-0.15, -0.1) is 0 Å². The molecule has 0 amide bonds. The summed E-state index contributed by atoms with van der Waals surface area (Å²) in [6, 6.07) is 0.848. The van der Waals surface area contributed by atoms with Crippen LogP contribution in [-0.2, 0) is 31.0 Å². The Morgan fingerprint density at radius 3 is 1.48 bits per heavy atom. The van der Waals surface area contributed by atoms with Gasteiger partial charge in [0.25, 0.3) is 0 Å². The molecular weight excluding hydrogens is 410 g/mol. The molecule has 0 radical (unpaired) electrons. The monoisotopic (exact) mass is 455 g/mol. The SMILES string of the molecule is CCO[Si](CCCN=C(C)CC(C)C)(OCC)OCC.CO[Si](OC)(OC)OC. The lowest BCUT2D eigenvalue weighted by atomic mass is 10.1. The second-order valence-corrected chi connectivity index (χ2v) is 12.0. The highest BCUT2D eigenvalue weighted by Crippen LogP contribution is 2.18. The lowest BCUT2D eigenvalue weighted by Gasteiger charge is -2.28. The molecule has 0 aliphatic rings. The van der Waals surface area contributed by atoms with Gasteiger partial charge in [0.1, 0.15) is 0 Å². The first kappa shape index (κ1) is 31.0. The quantitative estimate of drug-likeness (QED) is 0.198. The molecule has 176 valence electrons. The van der Waals surface area contributed by atoms with Gasteiger partial charge in [-0.2, -0.15) is 0 Å². The number of rotatable bonds is 16. The zero-order valence-corrected chi connectivity index (χ0v) is 22.3. The fraction of sp³-hybridized carbons (Fsp3) is 0.947. The molecule has 8 nitrogen and oxygen atoms in total. The Hall–Kier alpha value is -0.176. The number of hydrogen-bond donors (Lipinski definition) is 0. The Kier molecular flexibility index (Phi) is 19.9. The molecule has 0 bridgehead atoms. The van der Waals surface area contributed by atoms with E-state index in [1.165, 1.54) is 34.2 Å². The van der Waals surface area contributed by atoms with Crippen molar-refractivity contribution in [3.63, 3.8) is 0 Å². The van der Waals surface area contributed by atoms with E-state index in [0.29, 0.717) is 25.7 Å². The van der Waals surface area contributed by atoms with E-state index >= 15 is 0 Å².